The van der Waals surface area contributed by atoms with Crippen molar-refractivity contribution in [3.8, 4) is 0 Å². The molecule has 0 bridgehead atoms. The highest BCUT2D eigenvalue weighted by Gasteiger charge is 2.23. The van der Waals surface area contributed by atoms with E-state index < -0.39 is 0 Å². The Balaban J connectivity index is 2.82. The standard InChI is InChI=1S/C11H18ClN3/c1-4-11(5-2,6-3)15-10-7-9(12)13-8-14-10/h7-8H,4-6H2,1-3H3,(H,13,14,15). The summed E-state index contributed by atoms with van der Waals surface area (Å²) in [5.41, 5.74) is 0.123. The molecule has 0 unspecified atom stereocenters. The second-order valence-corrected chi connectivity index (χ2v) is 4.08. The number of nitrogens with one attached hydrogen (secondary N) is 1. The highest BCUT2D eigenvalue weighted by atomic mass is 35.5. The molecule has 0 radical (unpaired) electrons. The van der Waals surface area contributed by atoms with Crippen molar-refractivity contribution in [2.45, 2.75) is 45.6 Å². The first-order valence-electron chi connectivity index (χ1n) is 5.41. The Labute approximate surface area is 96.3 Å². The van der Waals surface area contributed by atoms with Crippen molar-refractivity contribution >= 4 is 17.4 Å². The molecule has 0 fully saturated rings. The molecule has 1 N–H and O–H groups in total. The average Bonchev–Trinajstić information content (AvgIpc) is 2.26. The third kappa shape index (κ3) is 3.06. The first-order valence-corrected chi connectivity index (χ1v) is 5.79. The number of nitrogens with zero attached hydrogens (tertiary/aromatic N) is 2. The quantitative estimate of drug-likeness (QED) is 0.783. The first kappa shape index (κ1) is 12.2. The van der Waals surface area contributed by atoms with E-state index in [4.69, 9.17) is 11.6 Å². The lowest BCUT2D eigenvalue weighted by molar-refractivity contribution is 0.419. The Morgan fingerprint density at radius 3 is 2.27 bits per heavy atom. The Kier molecular flexibility index (Phi) is 4.33. The van der Waals surface area contributed by atoms with Gasteiger partial charge in [-0.15, -0.1) is 0 Å². The minimum absolute atomic E-state index is 0.123. The summed E-state index contributed by atoms with van der Waals surface area (Å²) in [6.07, 6.45) is 4.70. The molecule has 0 aliphatic carbocycles. The van der Waals surface area contributed by atoms with Crippen LogP contribution < -0.4 is 5.32 Å². The summed E-state index contributed by atoms with van der Waals surface area (Å²) in [5, 5.41) is 3.92. The van der Waals surface area contributed by atoms with E-state index in [1.54, 1.807) is 6.07 Å². The van der Waals surface area contributed by atoms with E-state index in [9.17, 15) is 0 Å². The molecule has 0 saturated heterocycles. The van der Waals surface area contributed by atoms with Crippen LogP contribution in [0.15, 0.2) is 12.4 Å². The predicted molar refractivity (Wildman–Crippen MR) is 64.3 cm³/mol. The minimum Gasteiger partial charge on any atom is -0.365 e. The van der Waals surface area contributed by atoms with Crippen LogP contribution in [0.2, 0.25) is 5.15 Å². The maximum Gasteiger partial charge on any atom is 0.134 e. The van der Waals surface area contributed by atoms with E-state index in [2.05, 4.69) is 36.1 Å². The van der Waals surface area contributed by atoms with Crippen LogP contribution >= 0.6 is 11.6 Å². The molecule has 1 rings (SSSR count). The van der Waals surface area contributed by atoms with Gasteiger partial charge in [0.25, 0.3) is 0 Å². The lowest BCUT2D eigenvalue weighted by atomic mass is 9.90. The zero-order valence-electron chi connectivity index (χ0n) is 9.55. The van der Waals surface area contributed by atoms with Crippen molar-refractivity contribution in [2.75, 3.05) is 5.32 Å². The second kappa shape index (κ2) is 5.31. The van der Waals surface area contributed by atoms with Crippen LogP contribution in [0.3, 0.4) is 0 Å². The Morgan fingerprint density at radius 1 is 1.20 bits per heavy atom. The summed E-state index contributed by atoms with van der Waals surface area (Å²) >= 11 is 5.81. The SMILES string of the molecule is CCC(CC)(CC)Nc1cc(Cl)ncn1. The first-order chi connectivity index (χ1) is 7.15. The summed E-state index contributed by atoms with van der Waals surface area (Å²) in [6, 6.07) is 1.76. The van der Waals surface area contributed by atoms with Gasteiger partial charge in [0, 0.05) is 11.6 Å². The van der Waals surface area contributed by atoms with Gasteiger partial charge in [-0.1, -0.05) is 32.4 Å². The van der Waals surface area contributed by atoms with Crippen LogP contribution in [-0.4, -0.2) is 15.5 Å². The molecule has 3 nitrogen and oxygen atoms in total. The average molecular weight is 228 g/mol. The topological polar surface area (TPSA) is 37.8 Å². The summed E-state index contributed by atoms with van der Waals surface area (Å²) in [6.45, 7) is 6.55. The van der Waals surface area contributed by atoms with Crippen LogP contribution in [0.25, 0.3) is 0 Å². The molecule has 1 aromatic rings. The third-order valence-corrected chi connectivity index (χ3v) is 3.26. The molecule has 0 aliphatic heterocycles. The molecule has 0 aromatic carbocycles. The van der Waals surface area contributed by atoms with E-state index in [1.807, 2.05) is 0 Å². The lowest BCUT2D eigenvalue weighted by Crippen LogP contribution is -2.36. The number of rotatable bonds is 5. The van der Waals surface area contributed by atoms with Gasteiger partial charge < -0.3 is 5.32 Å². The van der Waals surface area contributed by atoms with E-state index in [0.717, 1.165) is 25.1 Å². The van der Waals surface area contributed by atoms with Crippen molar-refractivity contribution in [3.05, 3.63) is 17.5 Å². The molecular weight excluding hydrogens is 210 g/mol. The van der Waals surface area contributed by atoms with Gasteiger partial charge in [-0.05, 0) is 19.3 Å². The fourth-order valence-corrected chi connectivity index (χ4v) is 1.84. The van der Waals surface area contributed by atoms with Crippen molar-refractivity contribution < 1.29 is 0 Å². The highest BCUT2D eigenvalue weighted by Crippen LogP contribution is 2.24. The number of hydrogen-bond acceptors (Lipinski definition) is 3. The van der Waals surface area contributed by atoms with Gasteiger partial charge in [0.2, 0.25) is 0 Å². The highest BCUT2D eigenvalue weighted by molar-refractivity contribution is 6.29. The maximum absolute atomic E-state index is 5.81. The number of halogens is 1. The molecule has 1 heterocycles. The fourth-order valence-electron chi connectivity index (χ4n) is 1.69. The van der Waals surface area contributed by atoms with E-state index >= 15 is 0 Å². The summed E-state index contributed by atoms with van der Waals surface area (Å²) in [4.78, 5) is 8.02. The number of hydrogen-bond donors (Lipinski definition) is 1. The van der Waals surface area contributed by atoms with Gasteiger partial charge in [0.1, 0.15) is 17.3 Å². The van der Waals surface area contributed by atoms with E-state index in [1.165, 1.54) is 6.33 Å². The molecule has 0 spiro atoms. The van der Waals surface area contributed by atoms with Crippen LogP contribution in [0.5, 0.6) is 0 Å². The normalized spacial score (nSPS) is 11.5. The fraction of sp³-hybridized carbons (Fsp3) is 0.636. The van der Waals surface area contributed by atoms with Gasteiger partial charge in [-0.25, -0.2) is 9.97 Å². The maximum atomic E-state index is 5.81. The Morgan fingerprint density at radius 2 is 1.80 bits per heavy atom. The number of aromatic nitrogens is 2. The molecule has 15 heavy (non-hydrogen) atoms. The van der Waals surface area contributed by atoms with Gasteiger partial charge in [-0.3, -0.25) is 0 Å². The Hall–Kier alpha value is -0.830. The van der Waals surface area contributed by atoms with Crippen LogP contribution in [0, 0.1) is 0 Å². The summed E-state index contributed by atoms with van der Waals surface area (Å²) in [5.74, 6) is 0.806. The molecule has 1 aromatic heterocycles. The second-order valence-electron chi connectivity index (χ2n) is 3.69. The van der Waals surface area contributed by atoms with Crippen LogP contribution in [0.1, 0.15) is 40.0 Å². The third-order valence-electron chi connectivity index (χ3n) is 3.06. The largest absolute Gasteiger partial charge is 0.365 e. The summed E-state index contributed by atoms with van der Waals surface area (Å²) < 4.78 is 0. The molecule has 0 saturated carbocycles. The van der Waals surface area contributed by atoms with E-state index in [0.29, 0.717) is 5.15 Å². The van der Waals surface area contributed by atoms with Crippen molar-refractivity contribution in [1.29, 1.82) is 0 Å². The number of anilines is 1. The van der Waals surface area contributed by atoms with Crippen LogP contribution in [-0.2, 0) is 0 Å². The lowest BCUT2D eigenvalue weighted by Gasteiger charge is -2.32. The monoisotopic (exact) mass is 227 g/mol. The molecule has 0 amide bonds. The van der Waals surface area contributed by atoms with Gasteiger partial charge in [-0.2, -0.15) is 0 Å². The van der Waals surface area contributed by atoms with Crippen molar-refractivity contribution in [3.63, 3.8) is 0 Å². The van der Waals surface area contributed by atoms with Gasteiger partial charge in [0.15, 0.2) is 0 Å². The van der Waals surface area contributed by atoms with Gasteiger partial charge >= 0.3 is 0 Å². The Bertz CT molecular complexity index is 302. The smallest absolute Gasteiger partial charge is 0.134 e. The molecule has 84 valence electrons. The molecule has 0 aliphatic rings. The molecule has 4 heteroatoms. The van der Waals surface area contributed by atoms with Gasteiger partial charge in [0.05, 0.1) is 0 Å². The van der Waals surface area contributed by atoms with E-state index in [-0.39, 0.29) is 5.54 Å². The summed E-state index contributed by atoms with van der Waals surface area (Å²) in [7, 11) is 0. The zero-order chi connectivity index (χ0) is 11.3. The zero-order valence-corrected chi connectivity index (χ0v) is 10.3. The van der Waals surface area contributed by atoms with Crippen molar-refractivity contribution in [1.82, 2.24) is 9.97 Å². The van der Waals surface area contributed by atoms with Crippen LogP contribution in [0.4, 0.5) is 5.82 Å². The molecular formula is C11H18ClN3. The minimum atomic E-state index is 0.123. The van der Waals surface area contributed by atoms with Crippen molar-refractivity contribution in [2.24, 2.45) is 0 Å². The predicted octanol–water partition coefficient (Wildman–Crippen LogP) is 3.51. The molecule has 0 atom stereocenters.